The Kier molecular flexibility index (Phi) is 2.64. The maximum atomic E-state index is 11.6. The molecule has 2 amide bonds. The molecule has 0 bridgehead atoms. The summed E-state index contributed by atoms with van der Waals surface area (Å²) < 4.78 is 0. The van der Waals surface area contributed by atoms with Crippen LogP contribution < -0.4 is 11.1 Å². The van der Waals surface area contributed by atoms with Crippen LogP contribution in [0.5, 0.6) is 0 Å². The van der Waals surface area contributed by atoms with E-state index < -0.39 is 11.2 Å². The maximum absolute atomic E-state index is 11.6. The largest absolute Gasteiger partial charge is 0.370 e. The Morgan fingerprint density at radius 3 is 2.93 bits per heavy atom. The fourth-order valence-corrected chi connectivity index (χ4v) is 2.53. The van der Waals surface area contributed by atoms with Crippen LogP contribution in [0.3, 0.4) is 0 Å². The van der Waals surface area contributed by atoms with Crippen molar-refractivity contribution in [3.8, 4) is 0 Å². The first-order valence-electron chi connectivity index (χ1n) is 4.51. The fraction of sp³-hybridized carbons (Fsp3) is 0.200. The number of nitrogens with two attached hydrogens (primary N) is 1. The van der Waals surface area contributed by atoms with E-state index >= 15 is 0 Å². The van der Waals surface area contributed by atoms with Crippen molar-refractivity contribution >= 4 is 29.3 Å². The number of hydrogen-bond acceptors (Lipinski definition) is 3. The van der Waals surface area contributed by atoms with Crippen LogP contribution in [0.4, 0.5) is 5.69 Å². The van der Waals surface area contributed by atoms with Crippen LogP contribution in [0.2, 0.25) is 0 Å². The van der Waals surface area contributed by atoms with E-state index in [9.17, 15) is 9.59 Å². The van der Waals surface area contributed by atoms with E-state index in [2.05, 4.69) is 5.32 Å². The molecule has 2 rings (SSSR count). The average Bonchev–Trinajstić information content (AvgIpc) is 2.18. The summed E-state index contributed by atoms with van der Waals surface area (Å²) in [5.41, 5.74) is 5.87. The minimum Gasteiger partial charge on any atom is -0.370 e. The molecule has 0 saturated carbocycles. The number of para-hydroxylation sites is 1. The van der Waals surface area contributed by atoms with Crippen molar-refractivity contribution < 1.29 is 9.59 Å². The summed E-state index contributed by atoms with van der Waals surface area (Å²) in [6, 6.07) is 7.49. The third-order valence-electron chi connectivity index (χ3n) is 2.09. The smallest absolute Gasteiger partial charge is 0.238 e. The number of hydrogen-bond donors (Lipinski definition) is 2. The van der Waals surface area contributed by atoms with Gasteiger partial charge in [0.1, 0.15) is 0 Å². The summed E-state index contributed by atoms with van der Waals surface area (Å²) in [6.45, 7) is 0. The summed E-state index contributed by atoms with van der Waals surface area (Å²) in [7, 11) is 0. The number of anilines is 1. The van der Waals surface area contributed by atoms with Crippen molar-refractivity contribution in [1.82, 2.24) is 0 Å². The number of rotatable bonds is 2. The lowest BCUT2D eigenvalue weighted by Crippen LogP contribution is -2.32. The summed E-state index contributed by atoms with van der Waals surface area (Å²) in [4.78, 5) is 23.3. The summed E-state index contributed by atoms with van der Waals surface area (Å²) in [5, 5.41) is 2.34. The Morgan fingerprint density at radius 1 is 1.47 bits per heavy atom. The van der Waals surface area contributed by atoms with Crippen molar-refractivity contribution in [2.75, 3.05) is 5.32 Å². The lowest BCUT2D eigenvalue weighted by molar-refractivity contribution is -0.121. The maximum Gasteiger partial charge on any atom is 0.238 e. The lowest BCUT2D eigenvalue weighted by Gasteiger charge is -2.22. The minimum atomic E-state index is -0.456. The van der Waals surface area contributed by atoms with Gasteiger partial charge in [0.15, 0.2) is 0 Å². The number of thioether (sulfide) groups is 1. The van der Waals surface area contributed by atoms with Crippen LogP contribution in [-0.4, -0.2) is 17.1 Å². The van der Waals surface area contributed by atoms with Crippen LogP contribution >= 0.6 is 11.8 Å². The van der Waals surface area contributed by atoms with Gasteiger partial charge in [-0.2, -0.15) is 0 Å². The molecule has 1 atom stereocenters. The molecule has 1 aliphatic rings. The van der Waals surface area contributed by atoms with Crippen LogP contribution in [0.1, 0.15) is 6.42 Å². The third kappa shape index (κ3) is 2.12. The molecule has 0 fully saturated rings. The molecule has 5 heteroatoms. The topological polar surface area (TPSA) is 72.2 Å². The van der Waals surface area contributed by atoms with Gasteiger partial charge in [-0.15, -0.1) is 11.8 Å². The predicted octanol–water partition coefficient (Wildman–Crippen LogP) is 0.975. The number of benzene rings is 1. The van der Waals surface area contributed by atoms with Crippen LogP contribution in [0.25, 0.3) is 0 Å². The first-order valence-corrected chi connectivity index (χ1v) is 5.39. The van der Waals surface area contributed by atoms with Gasteiger partial charge >= 0.3 is 0 Å². The van der Waals surface area contributed by atoms with E-state index in [4.69, 9.17) is 5.73 Å². The molecule has 0 radical (unpaired) electrons. The fourth-order valence-electron chi connectivity index (χ4n) is 1.41. The second-order valence-electron chi connectivity index (χ2n) is 3.26. The second-order valence-corrected chi connectivity index (χ2v) is 4.51. The van der Waals surface area contributed by atoms with Crippen molar-refractivity contribution in [1.29, 1.82) is 0 Å². The van der Waals surface area contributed by atoms with Crippen molar-refractivity contribution in [2.45, 2.75) is 16.6 Å². The molecule has 4 nitrogen and oxygen atoms in total. The van der Waals surface area contributed by atoms with Gasteiger partial charge < -0.3 is 11.1 Å². The van der Waals surface area contributed by atoms with Crippen molar-refractivity contribution in [3.05, 3.63) is 24.3 Å². The van der Waals surface area contributed by atoms with Gasteiger partial charge in [0.25, 0.3) is 0 Å². The van der Waals surface area contributed by atoms with Crippen LogP contribution in [0, 0.1) is 0 Å². The molecule has 0 aromatic heterocycles. The zero-order valence-corrected chi connectivity index (χ0v) is 8.71. The molecule has 0 unspecified atom stereocenters. The van der Waals surface area contributed by atoms with Crippen molar-refractivity contribution in [3.63, 3.8) is 0 Å². The van der Waals surface area contributed by atoms with E-state index in [1.54, 1.807) is 0 Å². The van der Waals surface area contributed by atoms with E-state index in [1.807, 2.05) is 24.3 Å². The van der Waals surface area contributed by atoms with Crippen LogP contribution in [-0.2, 0) is 9.59 Å². The molecule has 0 saturated heterocycles. The minimum absolute atomic E-state index is 0.0742. The molecule has 15 heavy (non-hydrogen) atoms. The zero-order valence-electron chi connectivity index (χ0n) is 7.90. The normalized spacial score (nSPS) is 19.2. The molecule has 1 aromatic rings. The first kappa shape index (κ1) is 10.0. The first-order chi connectivity index (χ1) is 7.16. The molecular formula is C10H10N2O2S. The van der Waals surface area contributed by atoms with E-state index in [0.29, 0.717) is 0 Å². The molecule has 1 aliphatic heterocycles. The van der Waals surface area contributed by atoms with E-state index in [-0.39, 0.29) is 12.3 Å². The molecule has 3 N–H and O–H groups in total. The highest BCUT2D eigenvalue weighted by molar-refractivity contribution is 8.01. The van der Waals surface area contributed by atoms with Gasteiger partial charge in [0.2, 0.25) is 11.8 Å². The van der Waals surface area contributed by atoms with Gasteiger partial charge in [0.05, 0.1) is 10.9 Å². The zero-order chi connectivity index (χ0) is 10.8. The second kappa shape index (κ2) is 3.94. The number of amides is 2. The Balaban J connectivity index is 2.22. The van der Waals surface area contributed by atoms with Crippen molar-refractivity contribution in [2.24, 2.45) is 5.73 Å². The number of fused-ring (bicyclic) bond motifs is 1. The van der Waals surface area contributed by atoms with Gasteiger partial charge in [-0.3, -0.25) is 9.59 Å². The SMILES string of the molecule is NC(=O)C[C@H]1Sc2ccccc2NC1=O. The Labute approximate surface area is 91.2 Å². The predicted molar refractivity (Wildman–Crippen MR) is 58.5 cm³/mol. The monoisotopic (exact) mass is 222 g/mol. The molecule has 1 aromatic carbocycles. The number of carbonyl (C=O) groups excluding carboxylic acids is 2. The quantitative estimate of drug-likeness (QED) is 0.783. The lowest BCUT2D eigenvalue weighted by atomic mass is 10.2. The standard InChI is InChI=1S/C10H10N2O2S/c11-9(13)5-8-10(14)12-6-3-1-2-4-7(6)15-8/h1-4,8H,5H2,(H2,11,13)(H,12,14)/t8-/m1/s1. The average molecular weight is 222 g/mol. The van der Waals surface area contributed by atoms with Gasteiger partial charge in [0, 0.05) is 11.3 Å². The molecule has 0 aliphatic carbocycles. The van der Waals surface area contributed by atoms with Gasteiger partial charge in [-0.1, -0.05) is 12.1 Å². The Hall–Kier alpha value is -1.49. The Morgan fingerprint density at radius 2 is 2.20 bits per heavy atom. The highest BCUT2D eigenvalue weighted by atomic mass is 32.2. The third-order valence-corrected chi connectivity index (χ3v) is 3.37. The summed E-state index contributed by atoms with van der Waals surface area (Å²) in [6.07, 6.45) is 0.0742. The van der Waals surface area contributed by atoms with E-state index in [1.165, 1.54) is 11.8 Å². The molecular weight excluding hydrogens is 212 g/mol. The highest BCUT2D eigenvalue weighted by Gasteiger charge is 2.27. The van der Waals surface area contributed by atoms with Crippen LogP contribution in [0.15, 0.2) is 29.2 Å². The van der Waals surface area contributed by atoms with E-state index in [0.717, 1.165) is 10.6 Å². The number of nitrogens with one attached hydrogen (secondary N) is 1. The van der Waals surface area contributed by atoms with Gasteiger partial charge in [-0.25, -0.2) is 0 Å². The number of carbonyl (C=O) groups is 2. The van der Waals surface area contributed by atoms with Gasteiger partial charge in [-0.05, 0) is 12.1 Å². The molecule has 0 spiro atoms. The molecule has 1 heterocycles. The molecule has 78 valence electrons. The summed E-state index contributed by atoms with van der Waals surface area (Å²) >= 11 is 1.38. The highest BCUT2D eigenvalue weighted by Crippen LogP contribution is 2.36. The Bertz CT molecular complexity index is 420. The summed E-state index contributed by atoms with van der Waals surface area (Å²) in [5.74, 6) is -0.612. The number of primary amides is 1.